The van der Waals surface area contributed by atoms with Crippen LogP contribution in [0.5, 0.6) is 11.6 Å². The first-order valence-electron chi connectivity index (χ1n) is 3.57. The number of hydrogen-bond donors (Lipinski definition) is 0. The van der Waals surface area contributed by atoms with Crippen LogP contribution in [0.25, 0.3) is 0 Å². The first kappa shape index (κ1) is 7.61. The van der Waals surface area contributed by atoms with Gasteiger partial charge in [-0.2, -0.15) is 4.98 Å². The Hall–Kier alpha value is -1.03. The normalized spacial score (nSPS) is 14.5. The van der Waals surface area contributed by atoms with E-state index in [2.05, 4.69) is 9.97 Å². The molecular formula is C7H7ClN2O2. The van der Waals surface area contributed by atoms with E-state index in [1.807, 2.05) is 0 Å². The highest BCUT2D eigenvalue weighted by Crippen LogP contribution is 2.33. The second-order valence-electron chi connectivity index (χ2n) is 2.39. The van der Waals surface area contributed by atoms with E-state index in [-0.39, 0.29) is 0 Å². The molecule has 1 aliphatic heterocycles. The van der Waals surface area contributed by atoms with Gasteiger partial charge in [-0.15, -0.1) is 0 Å². The molecule has 1 aromatic rings. The van der Waals surface area contributed by atoms with Gasteiger partial charge >= 0.3 is 0 Å². The molecule has 12 heavy (non-hydrogen) atoms. The topological polar surface area (TPSA) is 44.2 Å². The summed E-state index contributed by atoms with van der Waals surface area (Å²) in [7, 11) is 0. The maximum Gasteiger partial charge on any atom is 0.262 e. The number of aromatic nitrogens is 2. The Morgan fingerprint density at radius 1 is 1.25 bits per heavy atom. The van der Waals surface area contributed by atoms with Crippen molar-refractivity contribution in [2.75, 3.05) is 13.2 Å². The van der Waals surface area contributed by atoms with Crippen LogP contribution in [0.15, 0.2) is 0 Å². The quantitative estimate of drug-likeness (QED) is 0.572. The van der Waals surface area contributed by atoms with Crippen LogP contribution in [-0.2, 0) is 0 Å². The second kappa shape index (κ2) is 2.79. The minimum atomic E-state index is 0.317. The van der Waals surface area contributed by atoms with Crippen LogP contribution >= 0.6 is 11.6 Å². The van der Waals surface area contributed by atoms with Gasteiger partial charge in [-0.1, -0.05) is 11.6 Å². The van der Waals surface area contributed by atoms with Crippen LogP contribution in [0.4, 0.5) is 0 Å². The van der Waals surface area contributed by atoms with E-state index in [4.69, 9.17) is 21.1 Å². The van der Waals surface area contributed by atoms with Crippen molar-refractivity contribution in [3.8, 4) is 11.6 Å². The van der Waals surface area contributed by atoms with Gasteiger partial charge in [0.15, 0.2) is 5.15 Å². The maximum absolute atomic E-state index is 5.79. The molecule has 0 unspecified atom stereocenters. The Morgan fingerprint density at radius 2 is 2.00 bits per heavy atom. The Morgan fingerprint density at radius 3 is 2.83 bits per heavy atom. The lowest BCUT2D eigenvalue weighted by Gasteiger charge is -2.17. The third-order valence-corrected chi connectivity index (χ3v) is 1.73. The van der Waals surface area contributed by atoms with Gasteiger partial charge in [0.2, 0.25) is 5.75 Å². The van der Waals surface area contributed by atoms with Gasteiger partial charge in [0.25, 0.3) is 5.88 Å². The van der Waals surface area contributed by atoms with Crippen LogP contribution in [0.3, 0.4) is 0 Å². The summed E-state index contributed by atoms with van der Waals surface area (Å²) in [6.07, 6.45) is 0. The zero-order valence-corrected chi connectivity index (χ0v) is 7.26. The average Bonchev–Trinajstić information content (AvgIpc) is 2.04. The van der Waals surface area contributed by atoms with Crippen LogP contribution in [0.1, 0.15) is 5.82 Å². The molecule has 0 atom stereocenters. The Labute approximate surface area is 74.5 Å². The molecule has 0 saturated carbocycles. The van der Waals surface area contributed by atoms with Crippen molar-refractivity contribution in [2.45, 2.75) is 6.92 Å². The highest BCUT2D eigenvalue weighted by atomic mass is 35.5. The Kier molecular flexibility index (Phi) is 1.77. The molecule has 64 valence electrons. The maximum atomic E-state index is 5.79. The molecule has 0 saturated heterocycles. The van der Waals surface area contributed by atoms with Gasteiger partial charge in [-0.05, 0) is 6.92 Å². The number of fused-ring (bicyclic) bond motifs is 1. The highest BCUT2D eigenvalue weighted by molar-refractivity contribution is 6.31. The van der Waals surface area contributed by atoms with Crippen LogP contribution in [-0.4, -0.2) is 23.2 Å². The highest BCUT2D eigenvalue weighted by Gasteiger charge is 2.18. The molecule has 2 rings (SSSR count). The number of nitrogens with zero attached hydrogens (tertiary/aromatic N) is 2. The fraction of sp³-hybridized carbons (Fsp3) is 0.429. The standard InChI is InChI=1S/C7H7ClN2O2/c1-4-9-6(8)5-7(10-4)12-3-2-11-5/h2-3H2,1H3. The van der Waals surface area contributed by atoms with Crippen molar-refractivity contribution < 1.29 is 9.47 Å². The van der Waals surface area contributed by atoms with Gasteiger partial charge in [0.05, 0.1) is 0 Å². The molecule has 0 radical (unpaired) electrons. The largest absolute Gasteiger partial charge is 0.482 e. The molecule has 0 amide bonds. The van der Waals surface area contributed by atoms with Gasteiger partial charge in [0.1, 0.15) is 19.0 Å². The van der Waals surface area contributed by atoms with Crippen LogP contribution in [0.2, 0.25) is 5.15 Å². The Balaban J connectivity index is 2.53. The van der Waals surface area contributed by atoms with E-state index >= 15 is 0 Å². The van der Waals surface area contributed by atoms with Crippen molar-refractivity contribution >= 4 is 11.6 Å². The monoisotopic (exact) mass is 186 g/mol. The Bertz CT molecular complexity index is 317. The first-order valence-corrected chi connectivity index (χ1v) is 3.95. The molecule has 1 aromatic heterocycles. The summed E-state index contributed by atoms with van der Waals surface area (Å²) in [5, 5.41) is 0.317. The van der Waals surface area contributed by atoms with Crippen molar-refractivity contribution in [1.82, 2.24) is 9.97 Å². The molecule has 0 fully saturated rings. The minimum absolute atomic E-state index is 0.317. The van der Waals surface area contributed by atoms with Gasteiger partial charge in [-0.25, -0.2) is 4.98 Å². The summed E-state index contributed by atoms with van der Waals surface area (Å²) in [6, 6.07) is 0. The first-order chi connectivity index (χ1) is 5.77. The summed E-state index contributed by atoms with van der Waals surface area (Å²) in [4.78, 5) is 7.97. The molecule has 4 nitrogen and oxygen atoms in total. The number of rotatable bonds is 0. The predicted octanol–water partition coefficient (Wildman–Crippen LogP) is 1.21. The van der Waals surface area contributed by atoms with Crippen molar-refractivity contribution in [3.05, 3.63) is 11.0 Å². The lowest BCUT2D eigenvalue weighted by molar-refractivity contribution is 0.163. The number of aryl methyl sites for hydroxylation is 1. The lowest BCUT2D eigenvalue weighted by Crippen LogP contribution is -2.17. The SMILES string of the molecule is Cc1nc(Cl)c2c(n1)OCCO2. The van der Waals surface area contributed by atoms with Gasteiger partial charge in [-0.3, -0.25) is 0 Å². The zero-order chi connectivity index (χ0) is 8.55. The molecule has 0 spiro atoms. The third-order valence-electron chi connectivity index (χ3n) is 1.47. The predicted molar refractivity (Wildman–Crippen MR) is 42.8 cm³/mol. The summed E-state index contributed by atoms with van der Waals surface area (Å²) in [5.74, 6) is 1.48. The summed E-state index contributed by atoms with van der Waals surface area (Å²) < 4.78 is 10.5. The lowest BCUT2D eigenvalue weighted by atomic mass is 10.5. The number of ether oxygens (including phenoxy) is 2. The second-order valence-corrected chi connectivity index (χ2v) is 2.75. The van der Waals surface area contributed by atoms with Crippen molar-refractivity contribution in [1.29, 1.82) is 0 Å². The smallest absolute Gasteiger partial charge is 0.262 e. The van der Waals surface area contributed by atoms with Crippen molar-refractivity contribution in [3.63, 3.8) is 0 Å². The molecular weight excluding hydrogens is 180 g/mol. The number of halogens is 1. The molecule has 0 aromatic carbocycles. The van der Waals surface area contributed by atoms with Crippen LogP contribution < -0.4 is 9.47 Å². The summed E-state index contributed by atoms with van der Waals surface area (Å²) in [5.41, 5.74) is 0. The van der Waals surface area contributed by atoms with E-state index in [1.54, 1.807) is 6.92 Å². The molecule has 5 heteroatoms. The molecule has 1 aliphatic rings. The summed E-state index contributed by atoms with van der Waals surface area (Å²) >= 11 is 5.79. The fourth-order valence-corrected chi connectivity index (χ4v) is 1.26. The molecule has 2 heterocycles. The van der Waals surface area contributed by atoms with Gasteiger partial charge in [0, 0.05) is 0 Å². The van der Waals surface area contributed by atoms with E-state index in [1.165, 1.54) is 0 Å². The fourth-order valence-electron chi connectivity index (χ4n) is 1.00. The van der Waals surface area contributed by atoms with Crippen LogP contribution in [0, 0.1) is 6.92 Å². The van der Waals surface area contributed by atoms with E-state index in [0.29, 0.717) is 35.8 Å². The van der Waals surface area contributed by atoms with Gasteiger partial charge < -0.3 is 9.47 Å². The average molecular weight is 187 g/mol. The van der Waals surface area contributed by atoms with E-state index in [0.717, 1.165) is 0 Å². The zero-order valence-electron chi connectivity index (χ0n) is 6.50. The minimum Gasteiger partial charge on any atom is -0.482 e. The molecule has 0 bridgehead atoms. The summed E-state index contributed by atoms with van der Waals surface area (Å²) in [6.45, 7) is 2.77. The number of hydrogen-bond acceptors (Lipinski definition) is 4. The van der Waals surface area contributed by atoms with E-state index in [9.17, 15) is 0 Å². The molecule has 0 aliphatic carbocycles. The van der Waals surface area contributed by atoms with E-state index < -0.39 is 0 Å². The van der Waals surface area contributed by atoms with Crippen molar-refractivity contribution in [2.24, 2.45) is 0 Å². The third kappa shape index (κ3) is 1.18. The molecule has 0 N–H and O–H groups in total.